The van der Waals surface area contributed by atoms with Gasteiger partial charge in [-0.25, -0.2) is 0 Å². The van der Waals surface area contributed by atoms with Crippen molar-refractivity contribution in [3.8, 4) is 0 Å². The van der Waals surface area contributed by atoms with Crippen LogP contribution in [0.2, 0.25) is 0 Å². The number of unbranched alkanes of at least 4 members (excludes halogenated alkanes) is 8. The molecule has 0 rings (SSSR count). The smallest absolute Gasteiger partial charge is 0.306 e. The van der Waals surface area contributed by atoms with E-state index >= 15 is 0 Å². The summed E-state index contributed by atoms with van der Waals surface area (Å²) in [6.07, 6.45) is 92.0. The van der Waals surface area contributed by atoms with Gasteiger partial charge in [0, 0.05) is 19.4 Å². The van der Waals surface area contributed by atoms with Crippen LogP contribution in [0.1, 0.15) is 201 Å². The van der Waals surface area contributed by atoms with E-state index in [-0.39, 0.29) is 25.2 Å². The first-order valence-corrected chi connectivity index (χ1v) is 28.3. The lowest BCUT2D eigenvalue weighted by Gasteiger charge is -2.18. The first-order valence-electron chi connectivity index (χ1n) is 28.3. The van der Waals surface area contributed by atoms with E-state index in [1.807, 2.05) is 0 Å². The predicted molar refractivity (Wildman–Crippen MR) is 315 cm³/mol. The Balaban J connectivity index is 4.54. The maximum absolute atomic E-state index is 12.8. The molecular weight excluding hydrogens is 885 g/mol. The van der Waals surface area contributed by atoms with Crippen molar-refractivity contribution in [2.45, 2.75) is 207 Å². The van der Waals surface area contributed by atoms with Crippen molar-refractivity contribution in [2.24, 2.45) is 0 Å². The van der Waals surface area contributed by atoms with Crippen molar-refractivity contribution in [1.82, 2.24) is 0 Å². The number of allylic oxidation sites excluding steroid dienone is 30. The maximum Gasteiger partial charge on any atom is 0.306 e. The van der Waals surface area contributed by atoms with E-state index in [0.29, 0.717) is 25.9 Å². The first kappa shape index (κ1) is 67.0. The molecule has 0 aliphatic carbocycles. The van der Waals surface area contributed by atoms with Gasteiger partial charge in [-0.2, -0.15) is 0 Å². The van der Waals surface area contributed by atoms with Crippen molar-refractivity contribution >= 4 is 11.9 Å². The number of hydrogen-bond acceptors (Lipinski definition) is 5. The molecule has 0 fully saturated rings. The summed E-state index contributed by atoms with van der Waals surface area (Å²) in [6, 6.07) is 0. The molecule has 5 nitrogen and oxygen atoms in total. The number of ether oxygens (including phenoxy) is 3. The van der Waals surface area contributed by atoms with Gasteiger partial charge in [0.2, 0.25) is 0 Å². The second-order valence-corrected chi connectivity index (χ2v) is 17.7. The number of carbonyl (C=O) groups is 2. The summed E-state index contributed by atoms with van der Waals surface area (Å²) in [6.45, 7) is 7.30. The highest BCUT2D eigenvalue weighted by Crippen LogP contribution is 2.10. The molecule has 1 unspecified atom stereocenters. The van der Waals surface area contributed by atoms with E-state index in [1.165, 1.54) is 0 Å². The lowest BCUT2D eigenvalue weighted by Crippen LogP contribution is -2.30. The molecule has 72 heavy (non-hydrogen) atoms. The largest absolute Gasteiger partial charge is 0.462 e. The fourth-order valence-electron chi connectivity index (χ4n) is 6.83. The normalized spacial score (nSPS) is 13.7. The van der Waals surface area contributed by atoms with E-state index in [0.717, 1.165) is 161 Å². The Morgan fingerprint density at radius 3 is 0.958 bits per heavy atom. The molecule has 1 atom stereocenters. The third-order valence-electron chi connectivity index (χ3n) is 10.9. The van der Waals surface area contributed by atoms with E-state index in [1.54, 1.807) is 0 Å². The van der Waals surface area contributed by atoms with E-state index in [9.17, 15) is 9.59 Å². The van der Waals surface area contributed by atoms with Gasteiger partial charge < -0.3 is 14.2 Å². The summed E-state index contributed by atoms with van der Waals surface area (Å²) >= 11 is 0. The molecule has 400 valence electrons. The van der Waals surface area contributed by atoms with Crippen LogP contribution in [0.5, 0.6) is 0 Å². The summed E-state index contributed by atoms with van der Waals surface area (Å²) in [5, 5.41) is 0. The van der Waals surface area contributed by atoms with Gasteiger partial charge in [0.1, 0.15) is 6.61 Å². The standard InChI is InChI=1S/C67H102O5/c1-4-7-10-13-16-19-22-25-28-31-33-35-38-41-44-47-50-53-56-59-62-70-63-65(72-67(69)61-58-55-52-49-46-43-40-36-30-27-24-21-18-15-12-9-6-3)64-71-66(68)60-57-54-51-48-45-42-39-37-34-32-29-26-23-20-17-14-11-8-5-2/h7-12,16-21,25-30,33-35,37,40-45,49,52,65H,4-6,13-15,22-24,31-32,36,38-39,46-48,50-51,53-64H2,1-3H3/b10-7-,11-8-,12-9-,19-16-,20-17-,21-18-,28-25-,29-26-,30-27-,35-33-,37-34-,43-40-,44-41-,45-42-,52-49-. The molecule has 0 aliphatic heterocycles. The molecule has 0 aromatic heterocycles. The van der Waals surface area contributed by atoms with Crippen LogP contribution in [0.4, 0.5) is 0 Å². The Morgan fingerprint density at radius 2 is 0.597 bits per heavy atom. The zero-order valence-electron chi connectivity index (χ0n) is 45.9. The van der Waals surface area contributed by atoms with Gasteiger partial charge in [0.05, 0.1) is 6.61 Å². The molecule has 0 saturated heterocycles. The maximum atomic E-state index is 12.8. The number of hydrogen-bond donors (Lipinski definition) is 0. The van der Waals surface area contributed by atoms with Gasteiger partial charge in [-0.15, -0.1) is 0 Å². The third-order valence-corrected chi connectivity index (χ3v) is 10.9. The summed E-state index contributed by atoms with van der Waals surface area (Å²) < 4.78 is 17.4. The fraction of sp³-hybridized carbons (Fsp3) is 0.522. The highest BCUT2D eigenvalue weighted by molar-refractivity contribution is 5.70. The molecular formula is C67H102O5. The van der Waals surface area contributed by atoms with Gasteiger partial charge in [0.25, 0.3) is 0 Å². The van der Waals surface area contributed by atoms with Gasteiger partial charge in [0.15, 0.2) is 6.10 Å². The summed E-state index contributed by atoms with van der Waals surface area (Å²) in [4.78, 5) is 25.5. The van der Waals surface area contributed by atoms with Gasteiger partial charge in [-0.05, 0) is 148 Å². The molecule has 0 aromatic carbocycles. The number of esters is 2. The van der Waals surface area contributed by atoms with Crippen molar-refractivity contribution in [2.75, 3.05) is 19.8 Å². The van der Waals surface area contributed by atoms with Crippen LogP contribution in [-0.2, 0) is 23.8 Å². The van der Waals surface area contributed by atoms with Gasteiger partial charge in [-0.1, -0.05) is 222 Å². The molecule has 5 heteroatoms. The average Bonchev–Trinajstić information content (AvgIpc) is 3.38. The quantitative estimate of drug-likeness (QED) is 0.0345. The second-order valence-electron chi connectivity index (χ2n) is 17.7. The molecule has 0 aromatic rings. The van der Waals surface area contributed by atoms with E-state index in [4.69, 9.17) is 14.2 Å². The molecule has 0 saturated carbocycles. The Hall–Kier alpha value is -5.00. The topological polar surface area (TPSA) is 61.8 Å². The first-order chi connectivity index (χ1) is 35.6. The number of rotatable bonds is 49. The van der Waals surface area contributed by atoms with Crippen LogP contribution in [0.15, 0.2) is 182 Å². The van der Waals surface area contributed by atoms with Crippen LogP contribution < -0.4 is 0 Å². The minimum absolute atomic E-state index is 0.0205. The highest BCUT2D eigenvalue weighted by Gasteiger charge is 2.17. The van der Waals surface area contributed by atoms with Crippen LogP contribution >= 0.6 is 0 Å². The van der Waals surface area contributed by atoms with Crippen molar-refractivity contribution in [3.63, 3.8) is 0 Å². The minimum Gasteiger partial charge on any atom is -0.462 e. The average molecular weight is 988 g/mol. The zero-order chi connectivity index (χ0) is 52.0. The van der Waals surface area contributed by atoms with Crippen molar-refractivity contribution in [3.05, 3.63) is 182 Å². The monoisotopic (exact) mass is 987 g/mol. The summed E-state index contributed by atoms with van der Waals surface area (Å²) in [5.74, 6) is -0.533. The summed E-state index contributed by atoms with van der Waals surface area (Å²) in [5.41, 5.74) is 0. The molecule has 0 spiro atoms. The second kappa shape index (κ2) is 60.3. The van der Waals surface area contributed by atoms with Crippen LogP contribution in [0, 0.1) is 0 Å². The molecule has 0 heterocycles. The lowest BCUT2D eigenvalue weighted by atomic mass is 10.1. The predicted octanol–water partition coefficient (Wildman–Crippen LogP) is 19.8. The van der Waals surface area contributed by atoms with Gasteiger partial charge >= 0.3 is 11.9 Å². The molecule has 0 bridgehead atoms. The van der Waals surface area contributed by atoms with Crippen molar-refractivity contribution < 1.29 is 23.8 Å². The van der Waals surface area contributed by atoms with Crippen molar-refractivity contribution in [1.29, 1.82) is 0 Å². The lowest BCUT2D eigenvalue weighted by molar-refractivity contribution is -0.162. The molecule has 0 amide bonds. The van der Waals surface area contributed by atoms with E-state index in [2.05, 4.69) is 203 Å². The highest BCUT2D eigenvalue weighted by atomic mass is 16.6. The van der Waals surface area contributed by atoms with Crippen LogP contribution in [0.25, 0.3) is 0 Å². The van der Waals surface area contributed by atoms with E-state index < -0.39 is 6.10 Å². The Kier molecular flexibility index (Phi) is 56.1. The van der Waals surface area contributed by atoms with Crippen LogP contribution in [0.3, 0.4) is 0 Å². The third kappa shape index (κ3) is 57.6. The molecule has 0 aliphatic rings. The Labute approximate surface area is 442 Å². The number of carbonyl (C=O) groups excluding carboxylic acids is 2. The SMILES string of the molecule is CC/C=C\C/C=C\C/C=C\C/C=C\C/C=C\CCCCCCOCC(COC(=O)CCCCC/C=C\C/C=C\C/C=C\C/C=C\C/C=C\CC)OC(=O)CCC/C=C\C/C=C\C/C=C\C/C=C\C/C=C\CC. The molecule has 0 radical (unpaired) electrons. The van der Waals surface area contributed by atoms with Crippen LogP contribution in [-0.4, -0.2) is 37.9 Å². The Bertz CT molecular complexity index is 1680. The fourth-order valence-corrected chi connectivity index (χ4v) is 6.83. The zero-order valence-corrected chi connectivity index (χ0v) is 45.9. The minimum atomic E-state index is -0.610. The Morgan fingerprint density at radius 1 is 0.306 bits per heavy atom. The summed E-state index contributed by atoms with van der Waals surface area (Å²) in [7, 11) is 0. The molecule has 0 N–H and O–H groups in total. The van der Waals surface area contributed by atoms with Gasteiger partial charge in [-0.3, -0.25) is 9.59 Å².